The molecule has 24 heavy (non-hydrogen) atoms. The van der Waals surface area contributed by atoms with Gasteiger partial charge in [0.05, 0.1) is 11.3 Å². The summed E-state index contributed by atoms with van der Waals surface area (Å²) in [5.74, 6) is -0.621. The van der Waals surface area contributed by atoms with Crippen LogP contribution in [-0.4, -0.2) is 11.0 Å². The number of aromatic nitrogens is 1. The fourth-order valence-corrected chi connectivity index (χ4v) is 2.20. The SMILES string of the molecule is O=C(Nc1ccc(C(F)(F)F)cc1)Nc1cc2[nH]ccc2cc1F. The second-order valence-electron chi connectivity index (χ2n) is 5.05. The molecule has 0 aliphatic rings. The average molecular weight is 337 g/mol. The predicted molar refractivity (Wildman–Crippen MR) is 82.3 cm³/mol. The molecule has 3 rings (SSSR count). The van der Waals surface area contributed by atoms with Crippen LogP contribution in [0.1, 0.15) is 5.56 Å². The van der Waals surface area contributed by atoms with Gasteiger partial charge in [-0.25, -0.2) is 9.18 Å². The van der Waals surface area contributed by atoms with Gasteiger partial charge < -0.3 is 15.6 Å². The van der Waals surface area contributed by atoms with Gasteiger partial charge in [-0.15, -0.1) is 0 Å². The maximum atomic E-state index is 13.9. The number of aromatic amines is 1. The Hall–Kier alpha value is -3.03. The van der Waals surface area contributed by atoms with Crippen LogP contribution in [-0.2, 0) is 6.18 Å². The number of H-pyrrole nitrogens is 1. The summed E-state index contributed by atoms with van der Waals surface area (Å²) >= 11 is 0. The standard InChI is InChI=1S/C16H11F4N3O/c17-12-7-9-5-6-21-13(9)8-14(12)23-15(24)22-11-3-1-10(2-4-11)16(18,19)20/h1-8,21H,(H2,22,23,24). The summed E-state index contributed by atoms with van der Waals surface area (Å²) in [7, 11) is 0. The molecule has 0 aliphatic carbocycles. The predicted octanol–water partition coefficient (Wildman–Crippen LogP) is 4.97. The highest BCUT2D eigenvalue weighted by molar-refractivity contribution is 6.01. The lowest BCUT2D eigenvalue weighted by molar-refractivity contribution is -0.137. The highest BCUT2D eigenvalue weighted by atomic mass is 19.4. The van der Waals surface area contributed by atoms with Crippen molar-refractivity contribution < 1.29 is 22.4 Å². The van der Waals surface area contributed by atoms with E-state index in [0.717, 1.165) is 24.3 Å². The van der Waals surface area contributed by atoms with Crippen LogP contribution >= 0.6 is 0 Å². The van der Waals surface area contributed by atoms with Gasteiger partial charge in [-0.05, 0) is 42.5 Å². The maximum absolute atomic E-state index is 13.9. The second-order valence-corrected chi connectivity index (χ2v) is 5.05. The number of halogens is 4. The number of urea groups is 1. The van der Waals surface area contributed by atoms with Gasteiger partial charge in [0.25, 0.3) is 0 Å². The van der Waals surface area contributed by atoms with Crippen molar-refractivity contribution in [2.24, 2.45) is 0 Å². The number of benzene rings is 2. The molecule has 1 heterocycles. The zero-order chi connectivity index (χ0) is 17.3. The minimum atomic E-state index is -4.45. The van der Waals surface area contributed by atoms with Crippen LogP contribution in [0, 0.1) is 5.82 Å². The molecular weight excluding hydrogens is 326 g/mol. The third kappa shape index (κ3) is 3.32. The van der Waals surface area contributed by atoms with Crippen LogP contribution in [0.3, 0.4) is 0 Å². The lowest BCUT2D eigenvalue weighted by atomic mass is 10.2. The van der Waals surface area contributed by atoms with Crippen LogP contribution in [0.5, 0.6) is 0 Å². The van der Waals surface area contributed by atoms with Gasteiger partial charge >= 0.3 is 12.2 Å². The van der Waals surface area contributed by atoms with Gasteiger partial charge in [0.15, 0.2) is 0 Å². The van der Waals surface area contributed by atoms with Crippen LogP contribution in [0.2, 0.25) is 0 Å². The van der Waals surface area contributed by atoms with Crippen molar-refractivity contribution >= 4 is 28.3 Å². The van der Waals surface area contributed by atoms with Gasteiger partial charge in [-0.3, -0.25) is 0 Å². The molecule has 0 saturated carbocycles. The number of hydrogen-bond donors (Lipinski definition) is 3. The fourth-order valence-electron chi connectivity index (χ4n) is 2.20. The molecule has 0 unspecified atom stereocenters. The van der Waals surface area contributed by atoms with Crippen molar-refractivity contribution in [1.82, 2.24) is 4.98 Å². The summed E-state index contributed by atoms with van der Waals surface area (Å²) in [6, 6.07) is 7.54. The van der Waals surface area contributed by atoms with Crippen LogP contribution < -0.4 is 10.6 Å². The Bertz CT molecular complexity index is 884. The third-order valence-electron chi connectivity index (χ3n) is 3.36. The molecule has 0 bridgehead atoms. The lowest BCUT2D eigenvalue weighted by Crippen LogP contribution is -2.20. The average Bonchev–Trinajstić information content (AvgIpc) is 2.94. The normalized spacial score (nSPS) is 11.5. The minimum Gasteiger partial charge on any atom is -0.361 e. The Kier molecular flexibility index (Phi) is 3.88. The minimum absolute atomic E-state index is 0.0469. The number of rotatable bonds is 2. The van der Waals surface area contributed by atoms with Crippen molar-refractivity contribution in [3.8, 4) is 0 Å². The first kappa shape index (κ1) is 15.9. The van der Waals surface area contributed by atoms with Crippen molar-refractivity contribution in [1.29, 1.82) is 0 Å². The Balaban J connectivity index is 1.71. The molecule has 2 aromatic carbocycles. The fraction of sp³-hybridized carbons (Fsp3) is 0.0625. The zero-order valence-electron chi connectivity index (χ0n) is 12.0. The number of alkyl halides is 3. The summed E-state index contributed by atoms with van der Waals surface area (Å²) in [6.07, 6.45) is -2.81. The molecule has 0 fully saturated rings. The number of carbonyl (C=O) groups excluding carboxylic acids is 1. The van der Waals surface area contributed by atoms with E-state index in [1.54, 1.807) is 12.3 Å². The molecule has 0 radical (unpaired) electrons. The van der Waals surface area contributed by atoms with Crippen molar-refractivity contribution in [2.45, 2.75) is 6.18 Å². The van der Waals surface area contributed by atoms with Gasteiger partial charge in [0, 0.05) is 22.8 Å². The molecular formula is C16H11F4N3O. The van der Waals surface area contributed by atoms with Gasteiger partial charge in [0.1, 0.15) is 5.82 Å². The Morgan fingerprint density at radius 2 is 1.71 bits per heavy atom. The van der Waals surface area contributed by atoms with Gasteiger partial charge in [-0.2, -0.15) is 13.2 Å². The molecule has 8 heteroatoms. The first-order chi connectivity index (χ1) is 11.3. The van der Waals surface area contributed by atoms with E-state index in [9.17, 15) is 22.4 Å². The molecule has 124 valence electrons. The van der Waals surface area contributed by atoms with Gasteiger partial charge in [0.2, 0.25) is 0 Å². The number of nitrogens with one attached hydrogen (secondary N) is 3. The monoisotopic (exact) mass is 337 g/mol. The number of anilines is 2. The quantitative estimate of drug-likeness (QED) is 0.568. The maximum Gasteiger partial charge on any atom is 0.416 e. The van der Waals surface area contributed by atoms with E-state index < -0.39 is 23.6 Å². The summed E-state index contributed by atoms with van der Waals surface area (Å²) in [5, 5.41) is 5.32. The van der Waals surface area contributed by atoms with E-state index in [0.29, 0.717) is 10.9 Å². The summed E-state index contributed by atoms with van der Waals surface area (Å²) in [5.41, 5.74) is -0.0749. The van der Waals surface area contributed by atoms with E-state index >= 15 is 0 Å². The van der Waals surface area contributed by atoms with Crippen LogP contribution in [0.25, 0.3) is 10.9 Å². The molecule has 0 saturated heterocycles. The van der Waals surface area contributed by atoms with E-state index in [2.05, 4.69) is 15.6 Å². The molecule has 4 nitrogen and oxygen atoms in total. The Morgan fingerprint density at radius 1 is 1.00 bits per heavy atom. The van der Waals surface area contributed by atoms with E-state index in [1.807, 2.05) is 0 Å². The number of amides is 2. The van der Waals surface area contributed by atoms with Crippen molar-refractivity contribution in [3.63, 3.8) is 0 Å². The van der Waals surface area contributed by atoms with Crippen LogP contribution in [0.15, 0.2) is 48.7 Å². The Morgan fingerprint density at radius 3 is 2.38 bits per heavy atom. The summed E-state index contributed by atoms with van der Waals surface area (Å²) in [4.78, 5) is 14.8. The molecule has 3 N–H and O–H groups in total. The van der Waals surface area contributed by atoms with Crippen LogP contribution in [0.4, 0.5) is 33.7 Å². The van der Waals surface area contributed by atoms with Crippen molar-refractivity contribution in [3.05, 3.63) is 60.0 Å². The summed E-state index contributed by atoms with van der Waals surface area (Å²) in [6.45, 7) is 0. The lowest BCUT2D eigenvalue weighted by Gasteiger charge is -2.10. The zero-order valence-corrected chi connectivity index (χ0v) is 12.0. The van der Waals surface area contributed by atoms with E-state index in [-0.39, 0.29) is 11.4 Å². The third-order valence-corrected chi connectivity index (χ3v) is 3.36. The molecule has 3 aromatic rings. The number of hydrogen-bond acceptors (Lipinski definition) is 1. The Labute approximate surface area is 133 Å². The molecule has 0 atom stereocenters. The van der Waals surface area contributed by atoms with E-state index in [1.165, 1.54) is 12.1 Å². The summed E-state index contributed by atoms with van der Waals surface area (Å²) < 4.78 is 51.3. The first-order valence-corrected chi connectivity index (χ1v) is 6.85. The molecule has 1 aromatic heterocycles. The molecule has 0 aliphatic heterocycles. The van der Waals surface area contributed by atoms with Gasteiger partial charge in [-0.1, -0.05) is 0 Å². The molecule has 2 amide bonds. The largest absolute Gasteiger partial charge is 0.416 e. The topological polar surface area (TPSA) is 56.9 Å². The number of fused-ring (bicyclic) bond motifs is 1. The number of carbonyl (C=O) groups is 1. The molecule has 0 spiro atoms. The second kappa shape index (κ2) is 5.88. The smallest absolute Gasteiger partial charge is 0.361 e. The van der Waals surface area contributed by atoms with E-state index in [4.69, 9.17) is 0 Å². The highest BCUT2D eigenvalue weighted by Gasteiger charge is 2.29. The highest BCUT2D eigenvalue weighted by Crippen LogP contribution is 2.30. The van der Waals surface area contributed by atoms with Crippen molar-refractivity contribution in [2.75, 3.05) is 10.6 Å². The first-order valence-electron chi connectivity index (χ1n) is 6.85.